The lowest BCUT2D eigenvalue weighted by molar-refractivity contribution is -0.118. The SMILES string of the molecule is COc1ccccc1N1CCN(c2ccc(NC(=O)C(C)C)cc2C(=O)NCC(C)C)CC1. The Morgan fingerprint density at radius 1 is 0.939 bits per heavy atom. The maximum Gasteiger partial charge on any atom is 0.253 e. The zero-order valence-corrected chi connectivity index (χ0v) is 20.4. The van der Waals surface area contributed by atoms with Crippen molar-refractivity contribution in [2.75, 3.05) is 55.0 Å². The number of methoxy groups -OCH3 is 1. The predicted octanol–water partition coefficient (Wildman–Crippen LogP) is 4.00. The van der Waals surface area contributed by atoms with Crippen LogP contribution in [0.5, 0.6) is 5.75 Å². The van der Waals surface area contributed by atoms with Gasteiger partial charge in [-0.25, -0.2) is 0 Å². The van der Waals surface area contributed by atoms with Crippen LogP contribution in [0.2, 0.25) is 0 Å². The number of amides is 2. The molecule has 0 unspecified atom stereocenters. The molecule has 178 valence electrons. The van der Waals surface area contributed by atoms with Crippen molar-refractivity contribution in [1.82, 2.24) is 5.32 Å². The van der Waals surface area contributed by atoms with Crippen LogP contribution in [0, 0.1) is 11.8 Å². The van der Waals surface area contributed by atoms with Crippen molar-refractivity contribution in [1.29, 1.82) is 0 Å². The van der Waals surface area contributed by atoms with Crippen molar-refractivity contribution in [2.24, 2.45) is 11.8 Å². The summed E-state index contributed by atoms with van der Waals surface area (Å²) in [6, 6.07) is 13.7. The van der Waals surface area contributed by atoms with Gasteiger partial charge in [0.1, 0.15) is 5.75 Å². The third kappa shape index (κ3) is 6.18. The molecule has 0 radical (unpaired) electrons. The summed E-state index contributed by atoms with van der Waals surface area (Å²) in [5.74, 6) is 0.898. The highest BCUT2D eigenvalue weighted by molar-refractivity contribution is 6.02. The molecule has 3 rings (SSSR count). The number of hydrogen-bond acceptors (Lipinski definition) is 5. The summed E-state index contributed by atoms with van der Waals surface area (Å²) in [5, 5.41) is 5.94. The molecule has 1 heterocycles. The van der Waals surface area contributed by atoms with Crippen molar-refractivity contribution in [3.63, 3.8) is 0 Å². The van der Waals surface area contributed by atoms with Gasteiger partial charge < -0.3 is 25.2 Å². The highest BCUT2D eigenvalue weighted by Gasteiger charge is 2.24. The number of carbonyl (C=O) groups excluding carboxylic acids is 2. The van der Waals surface area contributed by atoms with E-state index in [1.54, 1.807) is 13.2 Å². The molecule has 0 atom stereocenters. The Hall–Kier alpha value is -3.22. The Balaban J connectivity index is 1.81. The first-order valence-corrected chi connectivity index (χ1v) is 11.7. The van der Waals surface area contributed by atoms with E-state index in [0.29, 0.717) is 23.7 Å². The molecule has 0 aromatic heterocycles. The molecule has 1 fully saturated rings. The highest BCUT2D eigenvalue weighted by atomic mass is 16.5. The Labute approximate surface area is 197 Å². The molecule has 1 saturated heterocycles. The number of nitrogens with one attached hydrogen (secondary N) is 2. The molecule has 2 aromatic carbocycles. The molecule has 2 N–H and O–H groups in total. The summed E-state index contributed by atoms with van der Waals surface area (Å²) >= 11 is 0. The number of anilines is 3. The largest absolute Gasteiger partial charge is 0.495 e. The van der Waals surface area contributed by atoms with E-state index in [2.05, 4.69) is 40.3 Å². The Morgan fingerprint density at radius 2 is 1.58 bits per heavy atom. The second kappa shape index (κ2) is 11.1. The van der Waals surface area contributed by atoms with Gasteiger partial charge in [0.05, 0.1) is 18.4 Å². The van der Waals surface area contributed by atoms with E-state index in [4.69, 9.17) is 4.74 Å². The first kappa shape index (κ1) is 24.4. The topological polar surface area (TPSA) is 73.9 Å². The van der Waals surface area contributed by atoms with Gasteiger partial charge in [-0.2, -0.15) is 0 Å². The first-order chi connectivity index (χ1) is 15.8. The van der Waals surface area contributed by atoms with Gasteiger partial charge in [0.25, 0.3) is 5.91 Å². The zero-order valence-electron chi connectivity index (χ0n) is 20.4. The minimum absolute atomic E-state index is 0.0679. The summed E-state index contributed by atoms with van der Waals surface area (Å²) < 4.78 is 5.53. The van der Waals surface area contributed by atoms with E-state index in [-0.39, 0.29) is 17.7 Å². The molecule has 0 bridgehead atoms. The fraction of sp³-hybridized carbons (Fsp3) is 0.462. The number of piperazine rings is 1. The molecule has 7 nitrogen and oxygen atoms in total. The smallest absolute Gasteiger partial charge is 0.253 e. The van der Waals surface area contributed by atoms with Crippen molar-refractivity contribution < 1.29 is 14.3 Å². The third-order valence-corrected chi connectivity index (χ3v) is 5.75. The molecule has 0 spiro atoms. The first-order valence-electron chi connectivity index (χ1n) is 11.7. The summed E-state index contributed by atoms with van der Waals surface area (Å²) in [6.07, 6.45) is 0. The summed E-state index contributed by atoms with van der Waals surface area (Å²) in [4.78, 5) is 29.8. The summed E-state index contributed by atoms with van der Waals surface area (Å²) in [7, 11) is 1.69. The van der Waals surface area contributed by atoms with Gasteiger partial charge in [-0.1, -0.05) is 39.8 Å². The highest BCUT2D eigenvalue weighted by Crippen LogP contribution is 2.31. The van der Waals surface area contributed by atoms with E-state index >= 15 is 0 Å². The lowest BCUT2D eigenvalue weighted by Gasteiger charge is -2.38. The van der Waals surface area contributed by atoms with Gasteiger partial charge >= 0.3 is 0 Å². The number of rotatable bonds is 8. The third-order valence-electron chi connectivity index (χ3n) is 5.75. The van der Waals surface area contributed by atoms with Crippen LogP contribution < -0.4 is 25.2 Å². The maximum absolute atomic E-state index is 13.1. The van der Waals surface area contributed by atoms with Crippen LogP contribution in [0.15, 0.2) is 42.5 Å². The van der Waals surface area contributed by atoms with Crippen molar-refractivity contribution in [3.8, 4) is 5.75 Å². The molecule has 0 aliphatic carbocycles. The molecular formula is C26H36N4O3. The standard InChI is InChI=1S/C26H36N4O3/c1-18(2)17-27-26(32)21-16-20(28-25(31)19(3)4)10-11-22(21)29-12-14-30(15-13-29)23-8-6-7-9-24(23)33-5/h6-11,16,18-19H,12-15,17H2,1-5H3,(H,27,32)(H,28,31). The minimum atomic E-state index is -0.133. The average molecular weight is 453 g/mol. The number of hydrogen-bond donors (Lipinski definition) is 2. The van der Waals surface area contributed by atoms with Crippen LogP contribution >= 0.6 is 0 Å². The fourth-order valence-corrected chi connectivity index (χ4v) is 3.83. The summed E-state index contributed by atoms with van der Waals surface area (Å²) in [6.45, 7) is 11.6. The van der Waals surface area contributed by atoms with E-state index in [0.717, 1.165) is 43.3 Å². The summed E-state index contributed by atoms with van der Waals surface area (Å²) in [5.41, 5.74) is 3.20. The molecule has 2 aromatic rings. The number of benzene rings is 2. The van der Waals surface area contributed by atoms with Crippen LogP contribution in [-0.4, -0.2) is 51.6 Å². The van der Waals surface area contributed by atoms with Gasteiger partial charge in [0.2, 0.25) is 5.91 Å². The average Bonchev–Trinajstić information content (AvgIpc) is 2.82. The van der Waals surface area contributed by atoms with Crippen LogP contribution in [0.4, 0.5) is 17.1 Å². The molecule has 2 amide bonds. The molecule has 1 aliphatic heterocycles. The normalized spacial score (nSPS) is 13.9. The minimum Gasteiger partial charge on any atom is -0.495 e. The maximum atomic E-state index is 13.1. The predicted molar refractivity (Wildman–Crippen MR) is 135 cm³/mol. The second-order valence-electron chi connectivity index (χ2n) is 9.13. The van der Waals surface area contributed by atoms with E-state index in [1.165, 1.54) is 0 Å². The van der Waals surface area contributed by atoms with Crippen molar-refractivity contribution in [2.45, 2.75) is 27.7 Å². The quantitative estimate of drug-likeness (QED) is 0.633. The number of carbonyl (C=O) groups is 2. The van der Waals surface area contributed by atoms with E-state index in [1.807, 2.05) is 44.2 Å². The Morgan fingerprint density at radius 3 is 2.18 bits per heavy atom. The fourth-order valence-electron chi connectivity index (χ4n) is 3.83. The van der Waals surface area contributed by atoms with Gasteiger partial charge in [0, 0.05) is 50.0 Å². The Bertz CT molecular complexity index is 966. The Kier molecular flexibility index (Phi) is 8.20. The number of para-hydroxylation sites is 2. The lowest BCUT2D eigenvalue weighted by atomic mass is 10.1. The van der Waals surface area contributed by atoms with Crippen LogP contribution in [0.25, 0.3) is 0 Å². The van der Waals surface area contributed by atoms with Crippen LogP contribution in [0.1, 0.15) is 38.1 Å². The molecule has 0 saturated carbocycles. The molecule has 33 heavy (non-hydrogen) atoms. The van der Waals surface area contributed by atoms with Gasteiger partial charge in [0.15, 0.2) is 0 Å². The van der Waals surface area contributed by atoms with Crippen molar-refractivity contribution in [3.05, 3.63) is 48.0 Å². The monoisotopic (exact) mass is 452 g/mol. The lowest BCUT2D eigenvalue weighted by Crippen LogP contribution is -2.47. The van der Waals surface area contributed by atoms with Gasteiger partial charge in [-0.3, -0.25) is 9.59 Å². The molecule has 1 aliphatic rings. The van der Waals surface area contributed by atoms with Crippen LogP contribution in [0.3, 0.4) is 0 Å². The molecular weight excluding hydrogens is 416 g/mol. The van der Waals surface area contributed by atoms with Gasteiger partial charge in [-0.15, -0.1) is 0 Å². The number of nitrogens with zero attached hydrogens (tertiary/aromatic N) is 2. The number of ether oxygens (including phenoxy) is 1. The van der Waals surface area contributed by atoms with Gasteiger partial charge in [-0.05, 0) is 36.2 Å². The van der Waals surface area contributed by atoms with Crippen LogP contribution in [-0.2, 0) is 4.79 Å². The van der Waals surface area contributed by atoms with E-state index < -0.39 is 0 Å². The zero-order chi connectivity index (χ0) is 24.0. The van der Waals surface area contributed by atoms with Crippen molar-refractivity contribution >= 4 is 28.9 Å². The van der Waals surface area contributed by atoms with E-state index in [9.17, 15) is 9.59 Å². The molecule has 7 heteroatoms. The second-order valence-corrected chi connectivity index (χ2v) is 9.13.